The van der Waals surface area contributed by atoms with E-state index in [1.807, 2.05) is 55.5 Å². The Hall–Kier alpha value is -4.04. The van der Waals surface area contributed by atoms with Gasteiger partial charge >= 0.3 is 5.97 Å². The van der Waals surface area contributed by atoms with E-state index in [1.54, 1.807) is 6.20 Å². The number of ether oxygens (including phenoxy) is 1. The van der Waals surface area contributed by atoms with E-state index in [0.29, 0.717) is 36.6 Å². The highest BCUT2D eigenvalue weighted by Gasteiger charge is 2.28. The van der Waals surface area contributed by atoms with Crippen molar-refractivity contribution in [3.05, 3.63) is 82.7 Å². The second kappa shape index (κ2) is 13.3. The number of anilines is 1. The van der Waals surface area contributed by atoms with Crippen LogP contribution in [0.2, 0.25) is 0 Å². The first kappa shape index (κ1) is 30.0. The first-order chi connectivity index (χ1) is 21.4. The smallest absolute Gasteiger partial charge is 0.310 e. The molecule has 0 radical (unpaired) electrons. The molecular weight excluding hydrogens is 552 g/mol. The second-order valence-electron chi connectivity index (χ2n) is 12.7. The molecule has 2 heterocycles. The second-order valence-corrected chi connectivity index (χ2v) is 12.7. The third-order valence-corrected chi connectivity index (χ3v) is 9.27. The van der Waals surface area contributed by atoms with Crippen LogP contribution in [0, 0.1) is 5.92 Å². The van der Waals surface area contributed by atoms with Gasteiger partial charge in [0.2, 0.25) is 5.91 Å². The third-order valence-electron chi connectivity index (χ3n) is 9.27. The van der Waals surface area contributed by atoms with Crippen LogP contribution in [-0.2, 0) is 27.3 Å². The Kier molecular flexibility index (Phi) is 9.07. The topological polar surface area (TPSA) is 123 Å². The maximum Gasteiger partial charge on any atom is 0.310 e. The van der Waals surface area contributed by atoms with Gasteiger partial charge in [0, 0.05) is 35.5 Å². The van der Waals surface area contributed by atoms with Crippen LogP contribution in [0.15, 0.2) is 54.7 Å². The molecule has 2 bridgehead atoms. The minimum atomic E-state index is -0.316. The van der Waals surface area contributed by atoms with Gasteiger partial charge in [-0.25, -0.2) is 0 Å². The number of aromatic nitrogens is 1. The molecule has 2 aromatic carbocycles. The summed E-state index contributed by atoms with van der Waals surface area (Å²) in [4.78, 5) is 44.2. The van der Waals surface area contributed by atoms with E-state index >= 15 is 0 Å². The SMILES string of the molecule is C[C@H]1CCC[C@H](NC(=O)c2ccc(CN)c(C3CC3)c2)c2cc(ccn2)-c2ccc(CC(=O)OC3CCCC3)cc2NC1=O. The molecular formula is C36H42N4O4. The minimum Gasteiger partial charge on any atom is -0.462 e. The summed E-state index contributed by atoms with van der Waals surface area (Å²) in [6, 6.07) is 15.1. The molecule has 0 unspecified atom stereocenters. The molecule has 3 aliphatic rings. The number of rotatable bonds is 7. The number of nitrogens with two attached hydrogens (primary N) is 1. The van der Waals surface area contributed by atoms with Gasteiger partial charge < -0.3 is 21.1 Å². The van der Waals surface area contributed by atoms with Crippen LogP contribution in [0.25, 0.3) is 11.1 Å². The number of fused-ring (bicyclic) bond motifs is 4. The molecule has 2 aliphatic carbocycles. The number of carbonyl (C=O) groups excluding carboxylic acids is 3. The Morgan fingerprint density at radius 3 is 2.57 bits per heavy atom. The van der Waals surface area contributed by atoms with Crippen molar-refractivity contribution in [3.8, 4) is 11.1 Å². The van der Waals surface area contributed by atoms with Crippen molar-refractivity contribution < 1.29 is 19.1 Å². The van der Waals surface area contributed by atoms with Crippen LogP contribution in [0.5, 0.6) is 0 Å². The molecule has 8 heteroatoms. The molecule has 2 atom stereocenters. The molecule has 2 fully saturated rings. The predicted octanol–water partition coefficient (Wildman–Crippen LogP) is 6.34. The van der Waals surface area contributed by atoms with Crippen molar-refractivity contribution in [2.75, 3.05) is 5.32 Å². The number of carbonyl (C=O) groups is 3. The number of pyridine rings is 1. The van der Waals surface area contributed by atoms with Crippen molar-refractivity contribution in [2.45, 2.75) is 95.7 Å². The molecule has 0 saturated heterocycles. The summed E-state index contributed by atoms with van der Waals surface area (Å²) >= 11 is 0. The third kappa shape index (κ3) is 7.02. The number of benzene rings is 2. The molecule has 1 aromatic heterocycles. The quantitative estimate of drug-likeness (QED) is 0.274. The van der Waals surface area contributed by atoms with Crippen LogP contribution in [0.4, 0.5) is 5.69 Å². The minimum absolute atomic E-state index is 0.0153. The fourth-order valence-corrected chi connectivity index (χ4v) is 6.51. The summed E-state index contributed by atoms with van der Waals surface area (Å²) < 4.78 is 5.68. The first-order valence-corrected chi connectivity index (χ1v) is 16.1. The Morgan fingerprint density at radius 2 is 1.80 bits per heavy atom. The van der Waals surface area contributed by atoms with E-state index in [0.717, 1.165) is 72.9 Å². The maximum absolute atomic E-state index is 13.6. The van der Waals surface area contributed by atoms with Crippen LogP contribution in [0.1, 0.15) is 109 Å². The van der Waals surface area contributed by atoms with Gasteiger partial charge in [0.1, 0.15) is 6.10 Å². The van der Waals surface area contributed by atoms with Gasteiger partial charge in [0.25, 0.3) is 5.91 Å². The van der Waals surface area contributed by atoms with Crippen LogP contribution in [-0.4, -0.2) is 28.9 Å². The van der Waals surface area contributed by atoms with Crippen LogP contribution in [0.3, 0.4) is 0 Å². The summed E-state index contributed by atoms with van der Waals surface area (Å²) in [5, 5.41) is 6.37. The van der Waals surface area contributed by atoms with E-state index < -0.39 is 0 Å². The maximum atomic E-state index is 13.6. The zero-order valence-electron chi connectivity index (χ0n) is 25.4. The predicted molar refractivity (Wildman–Crippen MR) is 170 cm³/mol. The molecule has 2 saturated carbocycles. The fraction of sp³-hybridized carbons (Fsp3) is 0.444. The van der Waals surface area contributed by atoms with E-state index in [4.69, 9.17) is 10.5 Å². The highest BCUT2D eigenvalue weighted by atomic mass is 16.5. The number of hydrogen-bond donors (Lipinski definition) is 3. The van der Waals surface area contributed by atoms with Crippen molar-refractivity contribution in [1.82, 2.24) is 10.3 Å². The summed E-state index contributed by atoms with van der Waals surface area (Å²) in [5.41, 5.74) is 12.8. The number of amides is 2. The summed E-state index contributed by atoms with van der Waals surface area (Å²) in [7, 11) is 0. The highest BCUT2D eigenvalue weighted by Crippen LogP contribution is 2.42. The van der Waals surface area contributed by atoms with Crippen molar-refractivity contribution in [2.24, 2.45) is 11.7 Å². The molecule has 1 aliphatic heterocycles. The lowest BCUT2D eigenvalue weighted by atomic mass is 9.94. The lowest BCUT2D eigenvalue weighted by Crippen LogP contribution is -2.30. The first-order valence-electron chi connectivity index (χ1n) is 16.1. The van der Waals surface area contributed by atoms with E-state index in [-0.39, 0.29) is 42.3 Å². The number of nitrogens with zero attached hydrogens (tertiary/aromatic N) is 1. The molecule has 44 heavy (non-hydrogen) atoms. The van der Waals surface area contributed by atoms with Gasteiger partial charge in [-0.3, -0.25) is 19.4 Å². The van der Waals surface area contributed by atoms with Crippen molar-refractivity contribution in [3.63, 3.8) is 0 Å². The number of nitrogens with one attached hydrogen (secondary N) is 2. The zero-order valence-corrected chi connectivity index (χ0v) is 25.4. The van der Waals surface area contributed by atoms with Gasteiger partial charge in [-0.1, -0.05) is 31.5 Å². The monoisotopic (exact) mass is 594 g/mol. The van der Waals surface area contributed by atoms with Gasteiger partial charge in [-0.2, -0.15) is 0 Å². The van der Waals surface area contributed by atoms with Crippen LogP contribution >= 0.6 is 0 Å². The van der Waals surface area contributed by atoms with Gasteiger partial charge in [0.05, 0.1) is 18.2 Å². The fourth-order valence-electron chi connectivity index (χ4n) is 6.51. The summed E-state index contributed by atoms with van der Waals surface area (Å²) in [6.45, 7) is 2.39. The molecule has 6 rings (SSSR count). The van der Waals surface area contributed by atoms with E-state index in [2.05, 4.69) is 15.6 Å². The summed E-state index contributed by atoms with van der Waals surface area (Å²) in [6.07, 6.45) is 10.3. The van der Waals surface area contributed by atoms with Crippen molar-refractivity contribution in [1.29, 1.82) is 0 Å². The Labute approximate surface area is 259 Å². The van der Waals surface area contributed by atoms with Gasteiger partial charge in [0.15, 0.2) is 0 Å². The Bertz CT molecular complexity index is 1540. The molecule has 3 aromatic rings. The largest absolute Gasteiger partial charge is 0.462 e. The van der Waals surface area contributed by atoms with Crippen molar-refractivity contribution >= 4 is 23.5 Å². The molecule has 230 valence electrons. The van der Waals surface area contributed by atoms with Gasteiger partial charge in [-0.05, 0) is 110 Å². The standard InChI is InChI=1S/C36H42N4O4/c1-22-5-4-8-31(39-36(43)26-12-13-27(21-37)30(19-26)24-10-11-24)33-20-25(15-16-38-33)29-14-9-23(17-32(29)40-35(22)42)18-34(41)44-28-6-2-3-7-28/h9,12-17,19-20,22,24,28,31H,2-8,10-11,18,21,37H2,1H3,(H,39,43)(H,40,42)/t22-,31-/m0/s1. The molecule has 2 amide bonds. The lowest BCUT2D eigenvalue weighted by molar-refractivity contribution is -0.147. The van der Waals surface area contributed by atoms with E-state index in [9.17, 15) is 14.4 Å². The van der Waals surface area contributed by atoms with E-state index in [1.165, 1.54) is 5.56 Å². The molecule has 0 spiro atoms. The lowest BCUT2D eigenvalue weighted by Gasteiger charge is -2.23. The highest BCUT2D eigenvalue weighted by molar-refractivity contribution is 5.97. The average Bonchev–Trinajstić information content (AvgIpc) is 3.75. The average molecular weight is 595 g/mol. The number of hydrogen-bond acceptors (Lipinski definition) is 6. The normalized spacial score (nSPS) is 20.5. The number of esters is 1. The van der Waals surface area contributed by atoms with Crippen LogP contribution < -0.4 is 16.4 Å². The zero-order chi connectivity index (χ0) is 30.6. The summed E-state index contributed by atoms with van der Waals surface area (Å²) in [5.74, 6) is -0.186. The molecule has 4 N–H and O–H groups in total. The Morgan fingerprint density at radius 1 is 0.977 bits per heavy atom. The molecule has 8 nitrogen and oxygen atoms in total. The Balaban J connectivity index is 1.27. The van der Waals surface area contributed by atoms with Gasteiger partial charge in [-0.15, -0.1) is 0 Å².